The van der Waals surface area contributed by atoms with Gasteiger partial charge in [-0.25, -0.2) is 0 Å². The fraction of sp³-hybridized carbons (Fsp3) is 0.143. The first-order valence-corrected chi connectivity index (χ1v) is 7.20. The smallest absolute Gasteiger partial charge is 0.228 e. The molecule has 2 heterocycles. The van der Waals surface area contributed by atoms with Crippen molar-refractivity contribution < 1.29 is 4.79 Å². The van der Waals surface area contributed by atoms with E-state index in [4.69, 9.17) is 17.3 Å². The van der Waals surface area contributed by atoms with Crippen LogP contribution in [0.5, 0.6) is 0 Å². The summed E-state index contributed by atoms with van der Waals surface area (Å²) in [7, 11) is 0. The van der Waals surface area contributed by atoms with Crippen molar-refractivity contribution >= 4 is 39.1 Å². The number of halogens is 2. The Hall–Kier alpha value is -1.43. The van der Waals surface area contributed by atoms with E-state index < -0.39 is 0 Å². The molecule has 0 saturated heterocycles. The van der Waals surface area contributed by atoms with Crippen LogP contribution < -0.4 is 11.1 Å². The molecule has 0 fully saturated rings. The van der Waals surface area contributed by atoms with E-state index in [0.29, 0.717) is 11.4 Å². The largest absolute Gasteiger partial charge is 0.325 e. The fourth-order valence-electron chi connectivity index (χ4n) is 2.28. The Morgan fingerprint density at radius 3 is 2.90 bits per heavy atom. The quantitative estimate of drug-likeness (QED) is 0.873. The Bertz CT molecular complexity index is 705. The molecule has 102 valence electrons. The van der Waals surface area contributed by atoms with Gasteiger partial charge in [-0.05, 0) is 50.8 Å². The van der Waals surface area contributed by atoms with Crippen molar-refractivity contribution in [2.24, 2.45) is 5.73 Å². The number of aromatic nitrogens is 1. The second-order valence-corrected chi connectivity index (χ2v) is 5.99. The van der Waals surface area contributed by atoms with E-state index in [9.17, 15) is 4.79 Å². The minimum absolute atomic E-state index is 0.0223. The molecule has 0 aliphatic carbocycles. The number of fused-ring (bicyclic) bond motifs is 1. The van der Waals surface area contributed by atoms with Crippen molar-refractivity contribution in [3.8, 4) is 0 Å². The molecule has 1 aliphatic heterocycles. The maximum absolute atomic E-state index is 11.4. The van der Waals surface area contributed by atoms with Gasteiger partial charge in [0.1, 0.15) is 0 Å². The van der Waals surface area contributed by atoms with Gasteiger partial charge in [-0.3, -0.25) is 9.78 Å². The summed E-state index contributed by atoms with van der Waals surface area (Å²) in [6.07, 6.45) is 3.77. The van der Waals surface area contributed by atoms with E-state index in [1.807, 2.05) is 12.1 Å². The third kappa shape index (κ3) is 2.44. The van der Waals surface area contributed by atoms with Crippen molar-refractivity contribution in [2.75, 3.05) is 5.32 Å². The second kappa shape index (κ2) is 5.16. The Morgan fingerprint density at radius 2 is 2.15 bits per heavy atom. The first-order chi connectivity index (χ1) is 9.54. The summed E-state index contributed by atoms with van der Waals surface area (Å²) in [5.74, 6) is -0.0223. The topological polar surface area (TPSA) is 68.0 Å². The highest BCUT2D eigenvalue weighted by molar-refractivity contribution is 9.10. The molecule has 1 aliphatic rings. The highest BCUT2D eigenvalue weighted by atomic mass is 79.9. The van der Waals surface area contributed by atoms with Crippen LogP contribution in [-0.2, 0) is 11.2 Å². The number of benzene rings is 1. The molecular weight excluding hydrogens is 342 g/mol. The molecular formula is C14H11BrClN3O. The van der Waals surface area contributed by atoms with Gasteiger partial charge in [-0.2, -0.15) is 0 Å². The van der Waals surface area contributed by atoms with Gasteiger partial charge in [0, 0.05) is 27.6 Å². The fourth-order valence-corrected chi connectivity index (χ4v) is 2.95. The number of pyridine rings is 1. The number of amides is 1. The SMILES string of the molecule is NC(c1cncc(Br)c1)c1cc2c(cc1Cl)NC(=O)C2. The second-order valence-electron chi connectivity index (χ2n) is 4.67. The summed E-state index contributed by atoms with van der Waals surface area (Å²) in [6.45, 7) is 0. The maximum Gasteiger partial charge on any atom is 0.228 e. The predicted molar refractivity (Wildman–Crippen MR) is 81.8 cm³/mol. The van der Waals surface area contributed by atoms with E-state index in [2.05, 4.69) is 26.2 Å². The minimum Gasteiger partial charge on any atom is -0.325 e. The molecule has 6 heteroatoms. The number of nitrogens with one attached hydrogen (secondary N) is 1. The lowest BCUT2D eigenvalue weighted by molar-refractivity contribution is -0.115. The summed E-state index contributed by atoms with van der Waals surface area (Å²) in [5, 5.41) is 3.31. The Labute approximate surface area is 129 Å². The van der Waals surface area contributed by atoms with Crippen molar-refractivity contribution in [3.05, 3.63) is 56.8 Å². The molecule has 1 amide bonds. The monoisotopic (exact) mass is 351 g/mol. The number of rotatable bonds is 2. The molecule has 0 spiro atoms. The number of hydrogen-bond acceptors (Lipinski definition) is 3. The lowest BCUT2D eigenvalue weighted by Gasteiger charge is -2.15. The highest BCUT2D eigenvalue weighted by Crippen LogP contribution is 2.34. The summed E-state index contributed by atoms with van der Waals surface area (Å²) >= 11 is 9.65. The Kier molecular flexibility index (Phi) is 3.50. The normalized spacial score (nSPS) is 14.8. The van der Waals surface area contributed by atoms with E-state index in [1.54, 1.807) is 18.5 Å². The predicted octanol–water partition coefficient (Wildman–Crippen LogP) is 3.04. The molecule has 2 aromatic rings. The first-order valence-electron chi connectivity index (χ1n) is 6.03. The van der Waals surface area contributed by atoms with Gasteiger partial charge in [0.2, 0.25) is 5.91 Å². The number of anilines is 1. The van der Waals surface area contributed by atoms with Crippen LogP contribution in [-0.4, -0.2) is 10.9 Å². The van der Waals surface area contributed by atoms with Gasteiger partial charge in [0.15, 0.2) is 0 Å². The van der Waals surface area contributed by atoms with Crippen molar-refractivity contribution in [1.82, 2.24) is 4.98 Å². The zero-order chi connectivity index (χ0) is 14.3. The summed E-state index contributed by atoms with van der Waals surface area (Å²) < 4.78 is 0.861. The molecule has 1 aromatic carbocycles. The number of hydrogen-bond donors (Lipinski definition) is 2. The van der Waals surface area contributed by atoms with Gasteiger partial charge in [0.25, 0.3) is 0 Å². The molecule has 3 N–H and O–H groups in total. The van der Waals surface area contributed by atoms with Gasteiger partial charge in [-0.15, -0.1) is 0 Å². The average Bonchev–Trinajstić information content (AvgIpc) is 2.76. The lowest BCUT2D eigenvalue weighted by atomic mass is 9.98. The van der Waals surface area contributed by atoms with Gasteiger partial charge >= 0.3 is 0 Å². The summed E-state index contributed by atoms with van der Waals surface area (Å²) in [5.41, 5.74) is 9.61. The molecule has 0 saturated carbocycles. The van der Waals surface area contributed by atoms with Crippen LogP contribution in [0, 0.1) is 0 Å². The molecule has 20 heavy (non-hydrogen) atoms. The van der Waals surface area contributed by atoms with Gasteiger partial charge in [-0.1, -0.05) is 11.6 Å². The Morgan fingerprint density at radius 1 is 1.35 bits per heavy atom. The number of nitrogens with two attached hydrogens (primary N) is 1. The molecule has 0 bridgehead atoms. The van der Waals surface area contributed by atoms with Crippen LogP contribution in [0.1, 0.15) is 22.7 Å². The van der Waals surface area contributed by atoms with E-state index in [-0.39, 0.29) is 11.9 Å². The van der Waals surface area contributed by atoms with Crippen LogP contribution >= 0.6 is 27.5 Å². The van der Waals surface area contributed by atoms with Gasteiger partial charge < -0.3 is 11.1 Å². The summed E-state index contributed by atoms with van der Waals surface area (Å²) in [4.78, 5) is 15.5. The van der Waals surface area contributed by atoms with Crippen molar-refractivity contribution in [1.29, 1.82) is 0 Å². The van der Waals surface area contributed by atoms with Gasteiger partial charge in [0.05, 0.1) is 12.5 Å². The minimum atomic E-state index is -0.381. The third-order valence-corrected chi connectivity index (χ3v) is 4.03. The molecule has 0 radical (unpaired) electrons. The zero-order valence-electron chi connectivity index (χ0n) is 10.4. The van der Waals surface area contributed by atoms with E-state index in [0.717, 1.165) is 26.9 Å². The van der Waals surface area contributed by atoms with Crippen LogP contribution in [0.3, 0.4) is 0 Å². The number of carbonyl (C=O) groups excluding carboxylic acids is 1. The maximum atomic E-state index is 11.4. The third-order valence-electron chi connectivity index (χ3n) is 3.27. The van der Waals surface area contributed by atoms with Crippen LogP contribution in [0.4, 0.5) is 5.69 Å². The van der Waals surface area contributed by atoms with Crippen molar-refractivity contribution in [2.45, 2.75) is 12.5 Å². The standard InChI is InChI=1S/C14H11BrClN3O/c15-9-1-8(5-18-6-9)14(17)10-2-7-3-13(20)19-12(7)4-11(10)16/h1-2,4-6,14H,3,17H2,(H,19,20). The molecule has 4 nitrogen and oxygen atoms in total. The zero-order valence-corrected chi connectivity index (χ0v) is 12.7. The van der Waals surface area contributed by atoms with Crippen LogP contribution in [0.2, 0.25) is 5.02 Å². The number of carbonyl (C=O) groups is 1. The summed E-state index contributed by atoms with van der Waals surface area (Å²) in [6, 6.07) is 5.17. The van der Waals surface area contributed by atoms with Crippen LogP contribution in [0.25, 0.3) is 0 Å². The van der Waals surface area contributed by atoms with E-state index >= 15 is 0 Å². The Balaban J connectivity index is 2.02. The average molecular weight is 353 g/mol. The highest BCUT2D eigenvalue weighted by Gasteiger charge is 2.22. The molecule has 1 aromatic heterocycles. The first kappa shape index (κ1) is 13.5. The molecule has 1 unspecified atom stereocenters. The molecule has 3 rings (SSSR count). The van der Waals surface area contributed by atoms with Crippen LogP contribution in [0.15, 0.2) is 35.1 Å². The van der Waals surface area contributed by atoms with E-state index in [1.165, 1.54) is 0 Å². The lowest BCUT2D eigenvalue weighted by Crippen LogP contribution is -2.13. The molecule has 1 atom stereocenters. The number of nitrogens with zero attached hydrogens (tertiary/aromatic N) is 1. The van der Waals surface area contributed by atoms with Crippen molar-refractivity contribution in [3.63, 3.8) is 0 Å².